The molecule has 2 aromatic rings. The number of carboxylic acid groups (broad SMARTS) is 1. The first-order valence-electron chi connectivity index (χ1n) is 6.73. The van der Waals surface area contributed by atoms with E-state index in [4.69, 9.17) is 4.74 Å². The summed E-state index contributed by atoms with van der Waals surface area (Å²) in [5, 5.41) is 9.24. The molecule has 3 rings (SSSR count). The average molecular weight is 268 g/mol. The first-order valence-corrected chi connectivity index (χ1v) is 6.73. The van der Waals surface area contributed by atoms with E-state index in [1.54, 1.807) is 0 Å². The highest BCUT2D eigenvalue weighted by Crippen LogP contribution is 2.48. The van der Waals surface area contributed by atoms with Crippen molar-refractivity contribution < 1.29 is 14.6 Å². The van der Waals surface area contributed by atoms with Crippen molar-refractivity contribution in [3.05, 3.63) is 60.2 Å². The summed E-state index contributed by atoms with van der Waals surface area (Å²) in [5.74, 6) is 0.839. The Morgan fingerprint density at radius 2 is 1.75 bits per heavy atom. The number of carboxylic acids is 1. The predicted octanol–water partition coefficient (Wildman–Crippen LogP) is 3.89. The average Bonchev–Trinajstić information content (AvgIpc) is 3.21. The fraction of sp³-hybridized carbons (Fsp3) is 0.235. The molecule has 0 radical (unpaired) electrons. The van der Waals surface area contributed by atoms with Crippen LogP contribution in [0, 0.1) is 5.41 Å². The largest absolute Gasteiger partial charge is 0.481 e. The Morgan fingerprint density at radius 1 is 1.05 bits per heavy atom. The van der Waals surface area contributed by atoms with Gasteiger partial charge in [0, 0.05) is 0 Å². The van der Waals surface area contributed by atoms with Crippen molar-refractivity contribution in [3.8, 4) is 11.5 Å². The molecule has 2 aromatic carbocycles. The molecule has 0 heterocycles. The Balaban J connectivity index is 1.75. The maximum atomic E-state index is 11.2. The highest BCUT2D eigenvalue weighted by atomic mass is 16.5. The summed E-state index contributed by atoms with van der Waals surface area (Å²) in [4.78, 5) is 11.2. The van der Waals surface area contributed by atoms with Gasteiger partial charge in [-0.2, -0.15) is 0 Å². The molecule has 1 saturated carbocycles. The van der Waals surface area contributed by atoms with Crippen LogP contribution in [0.3, 0.4) is 0 Å². The van der Waals surface area contributed by atoms with E-state index in [1.807, 2.05) is 54.6 Å². The standard InChI is InChI=1S/C17H16O3/c18-16(19)17(9-10-17)12-13-5-4-8-15(11-13)20-14-6-2-1-3-7-14/h1-8,11H,9-10,12H2,(H,18,19). The van der Waals surface area contributed by atoms with Crippen molar-refractivity contribution in [2.45, 2.75) is 19.3 Å². The third kappa shape index (κ3) is 2.67. The highest BCUT2D eigenvalue weighted by molar-refractivity contribution is 5.78. The molecule has 3 nitrogen and oxygen atoms in total. The molecular formula is C17H16O3. The number of hydrogen-bond donors (Lipinski definition) is 1. The molecule has 0 spiro atoms. The Kier molecular flexibility index (Phi) is 3.18. The normalized spacial score (nSPS) is 15.6. The zero-order chi connectivity index (χ0) is 14.0. The Hall–Kier alpha value is -2.29. The van der Waals surface area contributed by atoms with Crippen LogP contribution in [0.4, 0.5) is 0 Å². The maximum absolute atomic E-state index is 11.2. The first-order chi connectivity index (χ1) is 9.68. The quantitative estimate of drug-likeness (QED) is 0.895. The second kappa shape index (κ2) is 5.00. The van der Waals surface area contributed by atoms with Gasteiger partial charge < -0.3 is 9.84 Å². The lowest BCUT2D eigenvalue weighted by Gasteiger charge is -2.11. The molecule has 0 bridgehead atoms. The molecule has 1 fully saturated rings. The van der Waals surface area contributed by atoms with E-state index >= 15 is 0 Å². The van der Waals surface area contributed by atoms with E-state index in [2.05, 4.69) is 0 Å². The van der Waals surface area contributed by atoms with Gasteiger partial charge in [0.15, 0.2) is 0 Å². The van der Waals surface area contributed by atoms with Crippen LogP contribution < -0.4 is 4.74 Å². The van der Waals surface area contributed by atoms with Gasteiger partial charge in [0.25, 0.3) is 0 Å². The van der Waals surface area contributed by atoms with Crippen LogP contribution in [0.15, 0.2) is 54.6 Å². The van der Waals surface area contributed by atoms with Crippen molar-refractivity contribution in [3.63, 3.8) is 0 Å². The van der Waals surface area contributed by atoms with Crippen LogP contribution >= 0.6 is 0 Å². The molecule has 0 saturated heterocycles. The summed E-state index contributed by atoms with van der Waals surface area (Å²) >= 11 is 0. The fourth-order valence-electron chi connectivity index (χ4n) is 2.35. The molecule has 0 amide bonds. The number of hydrogen-bond acceptors (Lipinski definition) is 2. The molecule has 0 aromatic heterocycles. The SMILES string of the molecule is O=C(O)C1(Cc2cccc(Oc3ccccc3)c2)CC1. The first kappa shape index (κ1) is 12.7. The maximum Gasteiger partial charge on any atom is 0.309 e. The van der Waals surface area contributed by atoms with Crippen molar-refractivity contribution in [1.29, 1.82) is 0 Å². The smallest absolute Gasteiger partial charge is 0.309 e. The Labute approximate surface area is 117 Å². The number of benzene rings is 2. The minimum Gasteiger partial charge on any atom is -0.481 e. The lowest BCUT2D eigenvalue weighted by molar-refractivity contribution is -0.143. The van der Waals surface area contributed by atoms with Crippen LogP contribution in [-0.4, -0.2) is 11.1 Å². The lowest BCUT2D eigenvalue weighted by atomic mass is 9.97. The zero-order valence-electron chi connectivity index (χ0n) is 11.1. The third-order valence-corrected chi connectivity index (χ3v) is 3.73. The van der Waals surface area contributed by atoms with E-state index in [-0.39, 0.29) is 0 Å². The molecule has 0 aliphatic heterocycles. The van der Waals surface area contributed by atoms with Crippen LogP contribution in [-0.2, 0) is 11.2 Å². The molecular weight excluding hydrogens is 252 g/mol. The third-order valence-electron chi connectivity index (χ3n) is 3.73. The molecule has 20 heavy (non-hydrogen) atoms. The molecule has 1 aliphatic rings. The molecule has 3 heteroatoms. The number of para-hydroxylation sites is 1. The van der Waals surface area contributed by atoms with Crippen molar-refractivity contribution in [2.24, 2.45) is 5.41 Å². The fourth-order valence-corrected chi connectivity index (χ4v) is 2.35. The van der Waals surface area contributed by atoms with Crippen molar-refractivity contribution in [2.75, 3.05) is 0 Å². The van der Waals surface area contributed by atoms with Gasteiger partial charge in [0.1, 0.15) is 11.5 Å². The topological polar surface area (TPSA) is 46.5 Å². The van der Waals surface area contributed by atoms with E-state index in [1.165, 1.54) is 0 Å². The van der Waals surface area contributed by atoms with Gasteiger partial charge in [-0.25, -0.2) is 0 Å². The molecule has 1 aliphatic carbocycles. The number of ether oxygens (including phenoxy) is 1. The predicted molar refractivity (Wildman–Crippen MR) is 76.0 cm³/mol. The Bertz CT molecular complexity index is 615. The number of rotatable bonds is 5. The number of aliphatic carboxylic acids is 1. The van der Waals surface area contributed by atoms with Gasteiger partial charge in [-0.3, -0.25) is 4.79 Å². The summed E-state index contributed by atoms with van der Waals surface area (Å²) in [6.07, 6.45) is 2.12. The summed E-state index contributed by atoms with van der Waals surface area (Å²) < 4.78 is 5.77. The van der Waals surface area contributed by atoms with Gasteiger partial charge in [-0.1, -0.05) is 30.3 Å². The van der Waals surface area contributed by atoms with Crippen LogP contribution in [0.5, 0.6) is 11.5 Å². The van der Waals surface area contributed by atoms with Crippen LogP contribution in [0.2, 0.25) is 0 Å². The minimum absolute atomic E-state index is 0.536. The summed E-state index contributed by atoms with van der Waals surface area (Å²) in [6, 6.07) is 17.2. The summed E-state index contributed by atoms with van der Waals surface area (Å²) in [7, 11) is 0. The highest BCUT2D eigenvalue weighted by Gasteiger charge is 2.49. The Morgan fingerprint density at radius 3 is 2.40 bits per heavy atom. The summed E-state index contributed by atoms with van der Waals surface area (Å²) in [6.45, 7) is 0. The van der Waals surface area contributed by atoms with Crippen LogP contribution in [0.25, 0.3) is 0 Å². The van der Waals surface area contributed by atoms with Crippen molar-refractivity contribution in [1.82, 2.24) is 0 Å². The lowest BCUT2D eigenvalue weighted by Crippen LogP contribution is -2.17. The molecule has 0 unspecified atom stereocenters. The van der Waals surface area contributed by atoms with Gasteiger partial charge in [0.05, 0.1) is 5.41 Å². The monoisotopic (exact) mass is 268 g/mol. The second-order valence-corrected chi connectivity index (χ2v) is 5.32. The van der Waals surface area contributed by atoms with Gasteiger partial charge in [0.2, 0.25) is 0 Å². The number of carbonyl (C=O) groups is 1. The van der Waals surface area contributed by atoms with E-state index in [0.717, 1.165) is 29.9 Å². The molecule has 102 valence electrons. The second-order valence-electron chi connectivity index (χ2n) is 5.32. The van der Waals surface area contributed by atoms with Gasteiger partial charge in [-0.05, 0) is 49.1 Å². The van der Waals surface area contributed by atoms with Gasteiger partial charge >= 0.3 is 5.97 Å². The molecule has 1 N–H and O–H groups in total. The zero-order valence-corrected chi connectivity index (χ0v) is 11.1. The summed E-state index contributed by atoms with van der Waals surface area (Å²) in [5.41, 5.74) is 0.476. The van der Waals surface area contributed by atoms with Crippen molar-refractivity contribution >= 4 is 5.97 Å². The molecule has 0 atom stereocenters. The minimum atomic E-state index is -0.688. The van der Waals surface area contributed by atoms with E-state index in [9.17, 15) is 9.90 Å². The van der Waals surface area contributed by atoms with E-state index in [0.29, 0.717) is 6.42 Å². The van der Waals surface area contributed by atoms with Crippen LogP contribution in [0.1, 0.15) is 18.4 Å². The van der Waals surface area contributed by atoms with Gasteiger partial charge in [-0.15, -0.1) is 0 Å². The van der Waals surface area contributed by atoms with E-state index < -0.39 is 11.4 Å².